The molecule has 1 aliphatic rings. The monoisotopic (exact) mass is 482 g/mol. The lowest BCUT2D eigenvalue weighted by atomic mass is 9.72. The van der Waals surface area contributed by atoms with Gasteiger partial charge in [0.05, 0.1) is 11.1 Å². The fourth-order valence-corrected chi connectivity index (χ4v) is 7.18. The molecule has 1 aliphatic carbocycles. The van der Waals surface area contributed by atoms with Crippen molar-refractivity contribution >= 4 is 33.3 Å². The number of aryl methyl sites for hydroxylation is 2. The van der Waals surface area contributed by atoms with Crippen molar-refractivity contribution in [3.63, 3.8) is 0 Å². The summed E-state index contributed by atoms with van der Waals surface area (Å²) in [7, 11) is 0. The number of nitrogens with zero attached hydrogens (tertiary/aromatic N) is 2. The van der Waals surface area contributed by atoms with Crippen molar-refractivity contribution < 1.29 is 0 Å². The number of thiophene rings is 1. The fourth-order valence-electron chi connectivity index (χ4n) is 4.83. The van der Waals surface area contributed by atoms with E-state index < -0.39 is 0 Å². The van der Waals surface area contributed by atoms with Gasteiger partial charge in [0.15, 0.2) is 5.16 Å². The Labute approximate surface area is 207 Å². The van der Waals surface area contributed by atoms with Crippen LogP contribution in [-0.4, -0.2) is 15.3 Å². The predicted molar refractivity (Wildman–Crippen MR) is 144 cm³/mol. The number of hydrogen-bond donors (Lipinski definition) is 0. The first kappa shape index (κ1) is 24.5. The number of hydrogen-bond acceptors (Lipinski definition) is 4. The Balaban J connectivity index is 1.73. The summed E-state index contributed by atoms with van der Waals surface area (Å²) in [6, 6.07) is 8.29. The number of unbranched alkanes of at least 4 members (excludes halogenated alkanes) is 4. The summed E-state index contributed by atoms with van der Waals surface area (Å²) >= 11 is 3.51. The van der Waals surface area contributed by atoms with E-state index in [2.05, 4.69) is 58.9 Å². The quantitative estimate of drug-likeness (QED) is 0.185. The zero-order chi connectivity index (χ0) is 23.6. The van der Waals surface area contributed by atoms with Crippen LogP contribution in [0.2, 0.25) is 0 Å². The minimum absolute atomic E-state index is 0.115. The van der Waals surface area contributed by atoms with Gasteiger partial charge < -0.3 is 0 Å². The molecule has 4 rings (SSSR count). The van der Waals surface area contributed by atoms with E-state index in [0.717, 1.165) is 46.1 Å². The first-order valence-electron chi connectivity index (χ1n) is 12.6. The third-order valence-electron chi connectivity index (χ3n) is 7.05. The molecule has 0 N–H and O–H groups in total. The SMILES string of the molecule is CCCCCCCSc1nc2sc3c(c2c(=O)n1-c1ccc(C)cc1)CCC(C(C)(C)C)C3. The molecule has 0 aliphatic heterocycles. The summed E-state index contributed by atoms with van der Waals surface area (Å²) in [5.41, 5.74) is 3.81. The minimum Gasteiger partial charge on any atom is -0.268 e. The van der Waals surface area contributed by atoms with Gasteiger partial charge in [0.2, 0.25) is 0 Å². The summed E-state index contributed by atoms with van der Waals surface area (Å²) in [4.78, 5) is 21.4. The van der Waals surface area contributed by atoms with E-state index >= 15 is 0 Å². The Morgan fingerprint density at radius 3 is 2.55 bits per heavy atom. The van der Waals surface area contributed by atoms with Crippen molar-refractivity contribution in [3.8, 4) is 5.69 Å². The Hall–Kier alpha value is -1.59. The summed E-state index contributed by atoms with van der Waals surface area (Å²) in [5.74, 6) is 1.67. The zero-order valence-corrected chi connectivity index (χ0v) is 22.5. The van der Waals surface area contributed by atoms with Gasteiger partial charge in [0.25, 0.3) is 5.56 Å². The van der Waals surface area contributed by atoms with E-state index in [9.17, 15) is 4.79 Å². The number of aromatic nitrogens is 2. The average Bonchev–Trinajstić information content (AvgIpc) is 3.14. The molecule has 1 atom stereocenters. The molecule has 0 saturated carbocycles. The van der Waals surface area contributed by atoms with Crippen LogP contribution >= 0.6 is 23.1 Å². The normalized spacial score (nSPS) is 16.3. The number of benzene rings is 1. The maximum absolute atomic E-state index is 13.9. The third-order valence-corrected chi connectivity index (χ3v) is 9.22. The van der Waals surface area contributed by atoms with E-state index in [4.69, 9.17) is 4.98 Å². The highest BCUT2D eigenvalue weighted by Crippen LogP contribution is 2.42. The second-order valence-electron chi connectivity index (χ2n) is 10.6. The molecule has 1 aromatic carbocycles. The van der Waals surface area contributed by atoms with Crippen LogP contribution in [0.25, 0.3) is 15.9 Å². The second kappa shape index (κ2) is 10.4. The molecule has 0 bridgehead atoms. The van der Waals surface area contributed by atoms with Crippen molar-refractivity contribution in [1.82, 2.24) is 9.55 Å². The molecule has 3 aromatic rings. The van der Waals surface area contributed by atoms with Crippen LogP contribution in [0, 0.1) is 18.3 Å². The van der Waals surface area contributed by atoms with E-state index in [1.165, 1.54) is 48.1 Å². The summed E-state index contributed by atoms with van der Waals surface area (Å²) in [6.45, 7) is 11.4. The Bertz CT molecular complexity index is 1150. The Kier molecular flexibility index (Phi) is 7.69. The maximum atomic E-state index is 13.9. The van der Waals surface area contributed by atoms with Crippen molar-refractivity contribution in [2.24, 2.45) is 11.3 Å². The van der Waals surface area contributed by atoms with Crippen LogP contribution in [0.1, 0.15) is 82.2 Å². The van der Waals surface area contributed by atoms with Crippen LogP contribution in [0.4, 0.5) is 0 Å². The standard InChI is InChI=1S/C28H38N2OS2/c1-6-7-8-9-10-17-32-27-29-25-24(26(31)30(27)21-14-11-19(2)12-15-21)22-16-13-20(28(3,4)5)18-23(22)33-25/h11-12,14-15,20H,6-10,13,16-18H2,1-5H3. The van der Waals surface area contributed by atoms with Crippen LogP contribution < -0.4 is 5.56 Å². The summed E-state index contributed by atoms with van der Waals surface area (Å²) < 4.78 is 1.88. The maximum Gasteiger partial charge on any atom is 0.267 e. The largest absolute Gasteiger partial charge is 0.268 e. The van der Waals surface area contributed by atoms with Gasteiger partial charge in [-0.15, -0.1) is 11.3 Å². The molecule has 178 valence electrons. The summed E-state index contributed by atoms with van der Waals surface area (Å²) in [6.07, 6.45) is 9.49. The molecule has 33 heavy (non-hydrogen) atoms. The molecule has 5 heteroatoms. The molecule has 3 nitrogen and oxygen atoms in total. The van der Waals surface area contributed by atoms with Gasteiger partial charge in [0, 0.05) is 10.6 Å². The molecular formula is C28H38N2OS2. The lowest BCUT2D eigenvalue weighted by molar-refractivity contribution is 0.218. The topological polar surface area (TPSA) is 34.9 Å². The molecular weight excluding hydrogens is 444 g/mol. The van der Waals surface area contributed by atoms with Crippen molar-refractivity contribution in [2.45, 2.75) is 91.1 Å². The van der Waals surface area contributed by atoms with E-state index in [1.807, 2.05) is 4.57 Å². The highest BCUT2D eigenvalue weighted by atomic mass is 32.2. The van der Waals surface area contributed by atoms with Crippen molar-refractivity contribution in [2.75, 3.05) is 5.75 Å². The highest BCUT2D eigenvalue weighted by Gasteiger charge is 2.32. The van der Waals surface area contributed by atoms with Crippen LogP contribution in [0.5, 0.6) is 0 Å². The van der Waals surface area contributed by atoms with Gasteiger partial charge in [0.1, 0.15) is 4.83 Å². The molecule has 0 radical (unpaired) electrons. The van der Waals surface area contributed by atoms with Crippen LogP contribution in [0.15, 0.2) is 34.2 Å². The molecule has 1 unspecified atom stereocenters. The molecule has 2 heterocycles. The van der Waals surface area contributed by atoms with Gasteiger partial charge in [-0.3, -0.25) is 9.36 Å². The van der Waals surface area contributed by atoms with Gasteiger partial charge >= 0.3 is 0 Å². The van der Waals surface area contributed by atoms with Crippen molar-refractivity contribution in [3.05, 3.63) is 50.6 Å². The molecule has 0 fully saturated rings. The third kappa shape index (κ3) is 5.40. The first-order chi connectivity index (χ1) is 15.8. The average molecular weight is 483 g/mol. The first-order valence-corrected chi connectivity index (χ1v) is 14.4. The zero-order valence-electron chi connectivity index (χ0n) is 20.9. The Morgan fingerprint density at radius 1 is 1.12 bits per heavy atom. The predicted octanol–water partition coefficient (Wildman–Crippen LogP) is 7.97. The van der Waals surface area contributed by atoms with Crippen LogP contribution in [0.3, 0.4) is 0 Å². The fraction of sp³-hybridized carbons (Fsp3) is 0.571. The van der Waals surface area contributed by atoms with Gasteiger partial charge in [-0.1, -0.05) is 82.8 Å². The number of fused-ring (bicyclic) bond motifs is 3. The van der Waals surface area contributed by atoms with E-state index in [-0.39, 0.29) is 5.56 Å². The lowest BCUT2D eigenvalue weighted by Gasteiger charge is -2.33. The highest BCUT2D eigenvalue weighted by molar-refractivity contribution is 7.99. The number of rotatable bonds is 8. The van der Waals surface area contributed by atoms with Crippen molar-refractivity contribution in [1.29, 1.82) is 0 Å². The smallest absolute Gasteiger partial charge is 0.267 e. The van der Waals surface area contributed by atoms with Crippen LogP contribution in [-0.2, 0) is 12.8 Å². The molecule has 0 saturated heterocycles. The van der Waals surface area contributed by atoms with Gasteiger partial charge in [-0.25, -0.2) is 4.98 Å². The minimum atomic E-state index is 0.115. The van der Waals surface area contributed by atoms with Gasteiger partial charge in [-0.2, -0.15) is 0 Å². The second-order valence-corrected chi connectivity index (χ2v) is 12.8. The Morgan fingerprint density at radius 2 is 1.85 bits per heavy atom. The summed E-state index contributed by atoms with van der Waals surface area (Å²) in [5, 5.41) is 1.72. The molecule has 0 amide bonds. The van der Waals surface area contributed by atoms with E-state index in [0.29, 0.717) is 11.3 Å². The lowest BCUT2D eigenvalue weighted by Crippen LogP contribution is -2.27. The molecule has 0 spiro atoms. The van der Waals surface area contributed by atoms with Gasteiger partial charge in [-0.05, 0) is 61.6 Å². The molecule has 2 aromatic heterocycles. The number of thioether (sulfide) groups is 1. The van der Waals surface area contributed by atoms with E-state index in [1.54, 1.807) is 23.1 Å².